The summed E-state index contributed by atoms with van der Waals surface area (Å²) in [6.45, 7) is 2.35. The minimum absolute atomic E-state index is 0.139. The maximum Gasteiger partial charge on any atom is 0.297 e. The summed E-state index contributed by atoms with van der Waals surface area (Å²) in [5, 5.41) is 15.5. The number of nitrogens with zero attached hydrogens (tertiary/aromatic N) is 4. The molecule has 1 N–H and O–H groups in total. The van der Waals surface area contributed by atoms with Crippen LogP contribution in [0.3, 0.4) is 0 Å². The second-order valence-electron chi connectivity index (χ2n) is 4.56. The predicted octanol–water partition coefficient (Wildman–Crippen LogP) is 2.32. The van der Waals surface area contributed by atoms with E-state index in [2.05, 4.69) is 21.3 Å². The smallest absolute Gasteiger partial charge is 0.297 e. The monoisotopic (exact) mass is 283 g/mol. The maximum absolute atomic E-state index is 12.5. The van der Waals surface area contributed by atoms with Crippen LogP contribution < -0.4 is 4.90 Å². The van der Waals surface area contributed by atoms with Gasteiger partial charge in [-0.3, -0.25) is 9.89 Å². The predicted molar refractivity (Wildman–Crippen MR) is 78.7 cm³/mol. The lowest BCUT2D eigenvalue weighted by Crippen LogP contribution is -2.32. The van der Waals surface area contributed by atoms with Crippen molar-refractivity contribution in [1.29, 1.82) is 5.26 Å². The average Bonchev–Trinajstić information content (AvgIpc) is 2.97. The maximum atomic E-state index is 12.5. The van der Waals surface area contributed by atoms with Gasteiger partial charge in [0.1, 0.15) is 5.82 Å². The molecule has 0 unspecified atom stereocenters. The summed E-state index contributed by atoms with van der Waals surface area (Å²) in [7, 11) is 0. The molecular formula is C15H17N5O. The van der Waals surface area contributed by atoms with Crippen molar-refractivity contribution >= 4 is 11.6 Å². The molecule has 0 aliphatic rings. The fourth-order valence-electron chi connectivity index (χ4n) is 1.98. The van der Waals surface area contributed by atoms with E-state index in [0.29, 0.717) is 12.4 Å². The first-order chi connectivity index (χ1) is 10.3. The number of carbonyl (C=O) groups is 1. The van der Waals surface area contributed by atoms with E-state index in [9.17, 15) is 4.79 Å². The van der Waals surface area contributed by atoms with Crippen molar-refractivity contribution in [3.05, 3.63) is 42.0 Å². The minimum Gasteiger partial charge on any atom is -0.305 e. The molecule has 6 nitrogen and oxygen atoms in total. The van der Waals surface area contributed by atoms with Gasteiger partial charge in [0.25, 0.3) is 5.91 Å². The van der Waals surface area contributed by atoms with Crippen molar-refractivity contribution in [1.82, 2.24) is 15.2 Å². The van der Waals surface area contributed by atoms with Gasteiger partial charge in [0, 0.05) is 18.7 Å². The quantitative estimate of drug-likeness (QED) is 0.881. The lowest BCUT2D eigenvalue weighted by Gasteiger charge is -2.19. The summed E-state index contributed by atoms with van der Waals surface area (Å²) < 4.78 is 0. The van der Waals surface area contributed by atoms with Gasteiger partial charge in [-0.2, -0.15) is 5.26 Å². The highest BCUT2D eigenvalue weighted by atomic mass is 16.2. The van der Waals surface area contributed by atoms with E-state index < -0.39 is 0 Å². The Bertz CT molecular complexity index is 629. The number of nitrogens with one attached hydrogen (secondary N) is 1. The zero-order valence-corrected chi connectivity index (χ0v) is 11.9. The number of aryl methyl sites for hydroxylation is 1. The second kappa shape index (κ2) is 7.20. The fourth-order valence-corrected chi connectivity index (χ4v) is 1.98. The number of para-hydroxylation sites is 1. The van der Waals surface area contributed by atoms with Gasteiger partial charge in [-0.15, -0.1) is 5.10 Å². The van der Waals surface area contributed by atoms with Crippen molar-refractivity contribution < 1.29 is 4.79 Å². The zero-order chi connectivity index (χ0) is 15.1. The molecule has 0 aliphatic carbocycles. The van der Waals surface area contributed by atoms with Crippen molar-refractivity contribution in [3.8, 4) is 6.07 Å². The van der Waals surface area contributed by atoms with Gasteiger partial charge in [0.05, 0.1) is 12.5 Å². The van der Waals surface area contributed by atoms with Gasteiger partial charge in [-0.1, -0.05) is 25.1 Å². The number of rotatable bonds is 6. The number of aromatic amines is 1. The molecule has 21 heavy (non-hydrogen) atoms. The molecule has 2 rings (SSSR count). The number of nitriles is 1. The lowest BCUT2D eigenvalue weighted by molar-refractivity contribution is 0.0978. The number of carbonyl (C=O) groups excluding carboxylic acids is 1. The molecular weight excluding hydrogens is 266 g/mol. The summed E-state index contributed by atoms with van der Waals surface area (Å²) in [4.78, 5) is 18.3. The Kier molecular flexibility index (Phi) is 5.04. The zero-order valence-electron chi connectivity index (χ0n) is 11.9. The van der Waals surface area contributed by atoms with Gasteiger partial charge >= 0.3 is 0 Å². The third-order valence-electron chi connectivity index (χ3n) is 2.97. The van der Waals surface area contributed by atoms with Crippen molar-refractivity contribution in [2.45, 2.75) is 26.2 Å². The van der Waals surface area contributed by atoms with Gasteiger partial charge in [-0.05, 0) is 18.6 Å². The number of hydrogen-bond donors (Lipinski definition) is 1. The van der Waals surface area contributed by atoms with Crippen LogP contribution in [0.25, 0.3) is 0 Å². The largest absolute Gasteiger partial charge is 0.305 e. The summed E-state index contributed by atoms with van der Waals surface area (Å²) in [6, 6.07) is 11.3. The topological polar surface area (TPSA) is 85.7 Å². The second-order valence-corrected chi connectivity index (χ2v) is 4.56. The lowest BCUT2D eigenvalue weighted by atomic mass is 10.2. The first-order valence-corrected chi connectivity index (χ1v) is 6.91. The molecule has 1 amide bonds. The summed E-state index contributed by atoms with van der Waals surface area (Å²) >= 11 is 0. The standard InChI is InChI=1S/C15H17N5O/c1-2-7-13-17-14(19-18-13)15(21)20(11-6-10-16)12-8-4-3-5-9-12/h3-5,8-9H,2,6-7,11H2,1H3,(H,17,18,19). The van der Waals surface area contributed by atoms with Gasteiger partial charge < -0.3 is 4.90 Å². The molecule has 0 spiro atoms. The highest BCUT2D eigenvalue weighted by Gasteiger charge is 2.21. The van der Waals surface area contributed by atoms with E-state index in [1.54, 1.807) is 0 Å². The Morgan fingerprint density at radius 3 is 2.81 bits per heavy atom. The molecule has 1 aromatic carbocycles. The molecule has 1 aromatic heterocycles. The third-order valence-corrected chi connectivity index (χ3v) is 2.97. The number of amides is 1. The van der Waals surface area contributed by atoms with Crippen LogP contribution in [0.15, 0.2) is 30.3 Å². The molecule has 0 saturated carbocycles. The van der Waals surface area contributed by atoms with Gasteiger partial charge in [0.15, 0.2) is 0 Å². The summed E-state index contributed by atoms with van der Waals surface area (Å²) in [5.41, 5.74) is 0.736. The first-order valence-electron chi connectivity index (χ1n) is 6.91. The van der Waals surface area contributed by atoms with Crippen molar-refractivity contribution in [3.63, 3.8) is 0 Å². The number of anilines is 1. The van der Waals surface area contributed by atoms with Crippen molar-refractivity contribution in [2.24, 2.45) is 0 Å². The van der Waals surface area contributed by atoms with E-state index in [1.807, 2.05) is 37.3 Å². The van der Waals surface area contributed by atoms with E-state index in [4.69, 9.17) is 5.26 Å². The summed E-state index contributed by atoms with van der Waals surface area (Å²) in [5.74, 6) is 0.546. The van der Waals surface area contributed by atoms with Crippen LogP contribution in [0.2, 0.25) is 0 Å². The van der Waals surface area contributed by atoms with Crippen LogP contribution >= 0.6 is 0 Å². The Labute approximate surface area is 123 Å². The van der Waals surface area contributed by atoms with Crippen molar-refractivity contribution in [2.75, 3.05) is 11.4 Å². The van der Waals surface area contributed by atoms with E-state index in [-0.39, 0.29) is 18.2 Å². The molecule has 0 aliphatic heterocycles. The average molecular weight is 283 g/mol. The van der Waals surface area contributed by atoms with E-state index in [0.717, 1.165) is 18.5 Å². The number of hydrogen-bond acceptors (Lipinski definition) is 4. The molecule has 0 atom stereocenters. The Morgan fingerprint density at radius 1 is 1.38 bits per heavy atom. The number of benzene rings is 1. The van der Waals surface area contributed by atoms with Crippen LogP contribution in [-0.2, 0) is 6.42 Å². The fraction of sp³-hybridized carbons (Fsp3) is 0.333. The molecule has 0 saturated heterocycles. The van der Waals surface area contributed by atoms with Crippen LogP contribution in [0.4, 0.5) is 5.69 Å². The van der Waals surface area contributed by atoms with Crippen LogP contribution in [0.1, 0.15) is 36.2 Å². The highest BCUT2D eigenvalue weighted by molar-refractivity contribution is 6.03. The normalized spacial score (nSPS) is 10.1. The number of aromatic nitrogens is 3. The van der Waals surface area contributed by atoms with Crippen LogP contribution in [0.5, 0.6) is 0 Å². The Balaban J connectivity index is 2.23. The molecule has 1 heterocycles. The molecule has 2 aromatic rings. The SMILES string of the molecule is CCCc1nc(C(=O)N(CCC#N)c2ccccc2)n[nH]1. The summed E-state index contributed by atoms with van der Waals surface area (Å²) in [6.07, 6.45) is 1.94. The first kappa shape index (κ1) is 14.7. The molecule has 0 fully saturated rings. The van der Waals surface area contributed by atoms with Gasteiger partial charge in [0.2, 0.25) is 5.82 Å². The van der Waals surface area contributed by atoms with E-state index in [1.165, 1.54) is 4.90 Å². The molecule has 0 bridgehead atoms. The third kappa shape index (κ3) is 3.66. The van der Waals surface area contributed by atoms with Crippen LogP contribution in [-0.4, -0.2) is 27.6 Å². The van der Waals surface area contributed by atoms with E-state index >= 15 is 0 Å². The number of H-pyrrole nitrogens is 1. The molecule has 6 heteroatoms. The highest BCUT2D eigenvalue weighted by Crippen LogP contribution is 2.16. The van der Waals surface area contributed by atoms with Gasteiger partial charge in [-0.25, -0.2) is 4.98 Å². The molecule has 108 valence electrons. The molecule has 0 radical (unpaired) electrons. The Hall–Kier alpha value is -2.68. The Morgan fingerprint density at radius 2 is 2.14 bits per heavy atom. The van der Waals surface area contributed by atoms with Crippen LogP contribution in [0, 0.1) is 11.3 Å². The minimum atomic E-state index is -0.296.